The van der Waals surface area contributed by atoms with E-state index >= 15 is 0 Å². The van der Waals surface area contributed by atoms with E-state index in [1.54, 1.807) is 13.8 Å². The number of likely N-dealkylation sites (N-methyl/N-ethyl adjacent to an activating group) is 1. The molecule has 0 aliphatic carbocycles. The van der Waals surface area contributed by atoms with Crippen LogP contribution in [0.4, 0.5) is 4.79 Å². The van der Waals surface area contributed by atoms with E-state index in [4.69, 9.17) is 0 Å². The molecule has 0 aromatic rings. The number of hydrogen-bond acceptors (Lipinski definition) is 3. The fourth-order valence-corrected chi connectivity index (χ4v) is 2.36. The summed E-state index contributed by atoms with van der Waals surface area (Å²) in [5.41, 5.74) is -0.864. The molecule has 1 rings (SSSR count). The van der Waals surface area contributed by atoms with Gasteiger partial charge < -0.3 is 10.6 Å². The Morgan fingerprint density at radius 3 is 2.55 bits per heavy atom. The van der Waals surface area contributed by atoms with E-state index in [1.807, 2.05) is 0 Å². The molecule has 0 radical (unpaired) electrons. The van der Waals surface area contributed by atoms with Gasteiger partial charge in [0.1, 0.15) is 12.1 Å². The van der Waals surface area contributed by atoms with Crippen LogP contribution in [0.2, 0.25) is 0 Å². The van der Waals surface area contributed by atoms with Gasteiger partial charge in [-0.1, -0.05) is 32.6 Å². The van der Waals surface area contributed by atoms with Crippen molar-refractivity contribution in [2.24, 2.45) is 0 Å². The van der Waals surface area contributed by atoms with E-state index in [2.05, 4.69) is 17.6 Å². The molecule has 114 valence electrons. The van der Waals surface area contributed by atoms with Crippen LogP contribution < -0.4 is 10.6 Å². The fourth-order valence-electron chi connectivity index (χ4n) is 2.36. The van der Waals surface area contributed by atoms with Crippen LogP contribution in [0.25, 0.3) is 0 Å². The second kappa shape index (κ2) is 7.26. The predicted octanol–water partition coefficient (Wildman–Crippen LogP) is 1.40. The number of carbonyl (C=O) groups excluding carboxylic acids is 3. The van der Waals surface area contributed by atoms with E-state index in [-0.39, 0.29) is 18.4 Å². The third-order valence-corrected chi connectivity index (χ3v) is 3.55. The molecule has 6 heteroatoms. The van der Waals surface area contributed by atoms with E-state index in [0.717, 1.165) is 30.6 Å². The number of nitrogens with one attached hydrogen (secondary N) is 2. The molecule has 1 fully saturated rings. The second-order valence-electron chi connectivity index (χ2n) is 5.42. The number of urea groups is 1. The van der Waals surface area contributed by atoms with Gasteiger partial charge in [-0.3, -0.25) is 14.5 Å². The number of imide groups is 1. The second-order valence-corrected chi connectivity index (χ2v) is 5.42. The first kappa shape index (κ1) is 16.5. The van der Waals surface area contributed by atoms with Crippen molar-refractivity contribution in [3.05, 3.63) is 0 Å². The van der Waals surface area contributed by atoms with E-state index < -0.39 is 11.6 Å². The summed E-state index contributed by atoms with van der Waals surface area (Å²) in [6, 6.07) is -0.473. The normalized spacial score (nSPS) is 22.1. The van der Waals surface area contributed by atoms with Gasteiger partial charge in [-0.25, -0.2) is 4.79 Å². The maximum Gasteiger partial charge on any atom is 0.325 e. The van der Waals surface area contributed by atoms with Crippen molar-refractivity contribution in [2.45, 2.75) is 58.4 Å². The van der Waals surface area contributed by atoms with Gasteiger partial charge in [-0.15, -0.1) is 0 Å². The number of amides is 4. The molecule has 0 spiro atoms. The summed E-state index contributed by atoms with van der Waals surface area (Å²) in [4.78, 5) is 36.7. The summed E-state index contributed by atoms with van der Waals surface area (Å²) < 4.78 is 0. The first-order valence-electron chi connectivity index (χ1n) is 7.35. The highest BCUT2D eigenvalue weighted by Gasteiger charge is 2.47. The minimum atomic E-state index is -0.864. The van der Waals surface area contributed by atoms with Gasteiger partial charge in [-0.05, 0) is 20.3 Å². The molecule has 1 aliphatic heterocycles. The quantitative estimate of drug-likeness (QED) is 0.522. The van der Waals surface area contributed by atoms with Crippen molar-refractivity contribution in [1.29, 1.82) is 0 Å². The maximum atomic E-state index is 12.3. The van der Waals surface area contributed by atoms with Crippen molar-refractivity contribution < 1.29 is 14.4 Å². The number of carbonyl (C=O) groups is 3. The standard InChI is InChI=1S/C14H25N3O3/c1-4-6-7-8-9-14(3)12(19)17(13(20)16-14)10-11(18)15-5-2/h4-10H2,1-3H3,(H,15,18)(H,16,20). The van der Waals surface area contributed by atoms with Gasteiger partial charge in [0.15, 0.2) is 0 Å². The van der Waals surface area contributed by atoms with Crippen LogP contribution in [-0.4, -0.2) is 41.4 Å². The minimum absolute atomic E-state index is 0.205. The van der Waals surface area contributed by atoms with Gasteiger partial charge in [-0.2, -0.15) is 0 Å². The Labute approximate surface area is 120 Å². The zero-order chi connectivity index (χ0) is 15.2. The molecular formula is C14H25N3O3. The molecule has 1 heterocycles. The molecule has 20 heavy (non-hydrogen) atoms. The van der Waals surface area contributed by atoms with E-state index in [1.165, 1.54) is 0 Å². The first-order chi connectivity index (χ1) is 9.44. The minimum Gasteiger partial charge on any atom is -0.355 e. The highest BCUT2D eigenvalue weighted by atomic mass is 16.2. The van der Waals surface area contributed by atoms with Crippen LogP contribution >= 0.6 is 0 Å². The SMILES string of the molecule is CCCCCCC1(C)NC(=O)N(CC(=O)NCC)C1=O. The van der Waals surface area contributed by atoms with Crippen LogP contribution in [0.15, 0.2) is 0 Å². The van der Waals surface area contributed by atoms with E-state index in [9.17, 15) is 14.4 Å². The summed E-state index contributed by atoms with van der Waals surface area (Å²) in [6.45, 7) is 5.93. The van der Waals surface area contributed by atoms with E-state index in [0.29, 0.717) is 13.0 Å². The van der Waals surface area contributed by atoms with Crippen molar-refractivity contribution >= 4 is 17.8 Å². The molecule has 0 bridgehead atoms. The van der Waals surface area contributed by atoms with Crippen LogP contribution in [0, 0.1) is 0 Å². The van der Waals surface area contributed by atoms with Crippen molar-refractivity contribution in [3.63, 3.8) is 0 Å². The number of nitrogens with zero attached hydrogens (tertiary/aromatic N) is 1. The largest absolute Gasteiger partial charge is 0.355 e. The average Bonchev–Trinajstić information content (AvgIpc) is 2.59. The molecule has 0 saturated carbocycles. The highest BCUT2D eigenvalue weighted by molar-refractivity contribution is 6.08. The predicted molar refractivity (Wildman–Crippen MR) is 76.1 cm³/mol. The summed E-state index contributed by atoms with van der Waals surface area (Å²) in [5, 5.41) is 5.30. The van der Waals surface area contributed by atoms with Crippen LogP contribution in [0.1, 0.15) is 52.9 Å². The lowest BCUT2D eigenvalue weighted by Gasteiger charge is -2.21. The van der Waals surface area contributed by atoms with Crippen LogP contribution in [0.3, 0.4) is 0 Å². The molecule has 0 aromatic carbocycles. The molecule has 1 aliphatic rings. The Balaban J connectivity index is 2.58. The highest BCUT2D eigenvalue weighted by Crippen LogP contribution is 2.23. The zero-order valence-corrected chi connectivity index (χ0v) is 12.6. The Kier molecular flexibility index (Phi) is 5.98. The Bertz CT molecular complexity index is 384. The van der Waals surface area contributed by atoms with Crippen molar-refractivity contribution in [2.75, 3.05) is 13.1 Å². The molecule has 4 amide bonds. The zero-order valence-electron chi connectivity index (χ0n) is 12.6. The average molecular weight is 283 g/mol. The molecular weight excluding hydrogens is 258 g/mol. The van der Waals surface area contributed by atoms with Gasteiger partial charge >= 0.3 is 6.03 Å². The number of hydrogen-bond donors (Lipinski definition) is 2. The molecule has 1 atom stereocenters. The maximum absolute atomic E-state index is 12.3. The van der Waals surface area contributed by atoms with Gasteiger partial charge in [0.05, 0.1) is 0 Å². The Morgan fingerprint density at radius 1 is 1.25 bits per heavy atom. The lowest BCUT2D eigenvalue weighted by Crippen LogP contribution is -2.45. The Hall–Kier alpha value is -1.59. The fraction of sp³-hybridized carbons (Fsp3) is 0.786. The smallest absolute Gasteiger partial charge is 0.325 e. The lowest BCUT2D eigenvalue weighted by atomic mass is 9.94. The van der Waals surface area contributed by atoms with Crippen LogP contribution in [0.5, 0.6) is 0 Å². The number of unbranched alkanes of at least 4 members (excludes halogenated alkanes) is 3. The third-order valence-electron chi connectivity index (χ3n) is 3.55. The van der Waals surface area contributed by atoms with Crippen LogP contribution in [-0.2, 0) is 9.59 Å². The monoisotopic (exact) mass is 283 g/mol. The summed E-state index contributed by atoms with van der Waals surface area (Å²) in [5.74, 6) is -0.614. The topological polar surface area (TPSA) is 78.5 Å². The van der Waals surface area contributed by atoms with Gasteiger partial charge in [0.2, 0.25) is 5.91 Å². The molecule has 6 nitrogen and oxygen atoms in total. The molecule has 0 aromatic heterocycles. The molecule has 1 saturated heterocycles. The Morgan fingerprint density at radius 2 is 1.95 bits per heavy atom. The lowest BCUT2D eigenvalue weighted by molar-refractivity contribution is -0.134. The summed E-state index contributed by atoms with van der Waals surface area (Å²) in [6.07, 6.45) is 4.81. The summed E-state index contributed by atoms with van der Waals surface area (Å²) >= 11 is 0. The summed E-state index contributed by atoms with van der Waals surface area (Å²) in [7, 11) is 0. The number of rotatable bonds is 8. The third kappa shape index (κ3) is 3.95. The van der Waals surface area contributed by atoms with Gasteiger partial charge in [0, 0.05) is 6.54 Å². The van der Waals surface area contributed by atoms with Crippen molar-refractivity contribution in [3.8, 4) is 0 Å². The first-order valence-corrected chi connectivity index (χ1v) is 7.35. The molecule has 2 N–H and O–H groups in total. The van der Waals surface area contributed by atoms with Crippen molar-refractivity contribution in [1.82, 2.24) is 15.5 Å². The molecule has 1 unspecified atom stereocenters. The van der Waals surface area contributed by atoms with Gasteiger partial charge in [0.25, 0.3) is 5.91 Å².